The molecule has 0 radical (unpaired) electrons. The summed E-state index contributed by atoms with van der Waals surface area (Å²) in [5.74, 6) is 5.41. The second-order valence-corrected chi connectivity index (χ2v) is 5.95. The van der Waals surface area contributed by atoms with Crippen LogP contribution in [0.4, 0.5) is 0 Å². The topological polar surface area (TPSA) is 69.6 Å². The lowest BCUT2D eigenvalue weighted by molar-refractivity contribution is -0.140. The van der Waals surface area contributed by atoms with Gasteiger partial charge in [0.1, 0.15) is 0 Å². The molecular formula is C15H18N2O3S. The Hall–Kier alpha value is -1.68. The van der Waals surface area contributed by atoms with Gasteiger partial charge in [-0.15, -0.1) is 11.3 Å². The van der Waals surface area contributed by atoms with E-state index in [4.69, 9.17) is 5.11 Å². The number of carbonyl (C=O) groups is 2. The Morgan fingerprint density at radius 2 is 2.29 bits per heavy atom. The summed E-state index contributed by atoms with van der Waals surface area (Å²) >= 11 is 1.55. The molecule has 2 amide bonds. The molecule has 0 spiro atoms. The van der Waals surface area contributed by atoms with Gasteiger partial charge in [0.15, 0.2) is 0 Å². The summed E-state index contributed by atoms with van der Waals surface area (Å²) in [4.78, 5) is 27.2. The minimum Gasteiger partial charge on any atom is -0.395 e. The maximum absolute atomic E-state index is 11.8. The van der Waals surface area contributed by atoms with Crippen molar-refractivity contribution in [3.05, 3.63) is 21.9 Å². The lowest BCUT2D eigenvalue weighted by Crippen LogP contribution is -2.57. The molecule has 2 N–H and O–H groups in total. The minimum absolute atomic E-state index is 0.0639. The zero-order chi connectivity index (χ0) is 15.2. The Bertz CT molecular complexity index is 585. The standard InChI is InChI=1S/C15H18N2O3S/c1-2-13-15(20)16-14(19)10-17(13)9-12-7-6-11(21-12)5-3-4-8-18/h6-7,13,18H,2,4,8-10H2,1H3,(H,16,19,20). The van der Waals surface area contributed by atoms with Crippen LogP contribution in [-0.4, -0.2) is 41.0 Å². The van der Waals surface area contributed by atoms with E-state index in [-0.39, 0.29) is 31.0 Å². The van der Waals surface area contributed by atoms with Crippen molar-refractivity contribution in [2.75, 3.05) is 13.2 Å². The quantitative estimate of drug-likeness (QED) is 0.635. The first-order valence-corrected chi connectivity index (χ1v) is 7.72. The van der Waals surface area contributed by atoms with Crippen molar-refractivity contribution in [3.63, 3.8) is 0 Å². The number of hydrogen-bond acceptors (Lipinski definition) is 5. The molecule has 0 aromatic carbocycles. The molecule has 0 aliphatic carbocycles. The zero-order valence-electron chi connectivity index (χ0n) is 11.9. The second-order valence-electron chi connectivity index (χ2n) is 4.78. The van der Waals surface area contributed by atoms with Crippen molar-refractivity contribution in [2.24, 2.45) is 0 Å². The Kier molecular flexibility index (Phi) is 5.51. The van der Waals surface area contributed by atoms with Crippen LogP contribution in [0.5, 0.6) is 0 Å². The van der Waals surface area contributed by atoms with Crippen LogP contribution in [0.1, 0.15) is 29.5 Å². The van der Waals surface area contributed by atoms with E-state index in [2.05, 4.69) is 17.2 Å². The molecule has 0 saturated carbocycles. The number of imide groups is 1. The molecular weight excluding hydrogens is 288 g/mol. The molecule has 2 heterocycles. The largest absolute Gasteiger partial charge is 0.395 e. The van der Waals surface area contributed by atoms with Crippen molar-refractivity contribution in [1.29, 1.82) is 0 Å². The molecule has 1 aromatic heterocycles. The van der Waals surface area contributed by atoms with Crippen LogP contribution < -0.4 is 5.32 Å². The molecule has 1 aromatic rings. The fourth-order valence-electron chi connectivity index (χ4n) is 2.27. The van der Waals surface area contributed by atoms with E-state index >= 15 is 0 Å². The van der Waals surface area contributed by atoms with Gasteiger partial charge in [0.2, 0.25) is 11.8 Å². The lowest BCUT2D eigenvalue weighted by atomic mass is 10.1. The number of amides is 2. The van der Waals surface area contributed by atoms with Crippen molar-refractivity contribution in [2.45, 2.75) is 32.4 Å². The van der Waals surface area contributed by atoms with Crippen molar-refractivity contribution in [1.82, 2.24) is 10.2 Å². The third-order valence-corrected chi connectivity index (χ3v) is 4.19. The number of aliphatic hydroxyl groups is 1. The average molecular weight is 306 g/mol. The first-order valence-electron chi connectivity index (χ1n) is 6.90. The van der Waals surface area contributed by atoms with Crippen LogP contribution in [0.25, 0.3) is 0 Å². The number of nitrogens with zero attached hydrogens (tertiary/aromatic N) is 1. The van der Waals surface area contributed by atoms with Crippen LogP contribution >= 0.6 is 11.3 Å². The molecule has 112 valence electrons. The van der Waals surface area contributed by atoms with Gasteiger partial charge in [0.05, 0.1) is 24.1 Å². The van der Waals surface area contributed by atoms with E-state index < -0.39 is 0 Å². The molecule has 2 rings (SSSR count). The van der Waals surface area contributed by atoms with Gasteiger partial charge in [0.25, 0.3) is 0 Å². The molecule has 1 saturated heterocycles. The monoisotopic (exact) mass is 306 g/mol. The van der Waals surface area contributed by atoms with Gasteiger partial charge in [-0.25, -0.2) is 0 Å². The van der Waals surface area contributed by atoms with Gasteiger partial charge < -0.3 is 5.11 Å². The highest BCUT2D eigenvalue weighted by Gasteiger charge is 2.32. The van der Waals surface area contributed by atoms with Crippen LogP contribution in [0.3, 0.4) is 0 Å². The number of thiophene rings is 1. The zero-order valence-corrected chi connectivity index (χ0v) is 12.7. The van der Waals surface area contributed by atoms with Crippen LogP contribution in [0.2, 0.25) is 0 Å². The number of piperazine rings is 1. The first kappa shape index (κ1) is 15.7. The second kappa shape index (κ2) is 7.36. The molecule has 1 unspecified atom stereocenters. The maximum Gasteiger partial charge on any atom is 0.243 e. The van der Waals surface area contributed by atoms with E-state index in [1.165, 1.54) is 0 Å². The molecule has 1 aliphatic heterocycles. The van der Waals surface area contributed by atoms with Gasteiger partial charge in [-0.2, -0.15) is 0 Å². The molecule has 5 nitrogen and oxygen atoms in total. The number of carbonyl (C=O) groups excluding carboxylic acids is 2. The average Bonchev–Trinajstić information content (AvgIpc) is 2.86. The Morgan fingerprint density at radius 3 is 3.00 bits per heavy atom. The molecule has 1 aliphatic rings. The first-order chi connectivity index (χ1) is 10.1. The van der Waals surface area contributed by atoms with Crippen LogP contribution in [-0.2, 0) is 16.1 Å². The van der Waals surface area contributed by atoms with E-state index in [0.717, 1.165) is 9.75 Å². The summed E-state index contributed by atoms with van der Waals surface area (Å²) in [6.07, 6.45) is 1.14. The molecule has 6 heteroatoms. The summed E-state index contributed by atoms with van der Waals surface area (Å²) in [5, 5.41) is 11.1. The molecule has 0 bridgehead atoms. The van der Waals surface area contributed by atoms with E-state index in [1.807, 2.05) is 24.0 Å². The summed E-state index contributed by atoms with van der Waals surface area (Å²) in [6, 6.07) is 3.64. The normalized spacial score (nSPS) is 19.0. The van der Waals surface area contributed by atoms with Crippen LogP contribution in [0.15, 0.2) is 12.1 Å². The number of hydrogen-bond donors (Lipinski definition) is 2. The van der Waals surface area contributed by atoms with E-state index in [0.29, 0.717) is 19.4 Å². The van der Waals surface area contributed by atoms with Crippen LogP contribution in [0, 0.1) is 11.8 Å². The summed E-state index contributed by atoms with van der Waals surface area (Å²) in [7, 11) is 0. The van der Waals surface area contributed by atoms with Gasteiger partial charge in [-0.1, -0.05) is 18.8 Å². The van der Waals surface area contributed by atoms with Gasteiger partial charge >= 0.3 is 0 Å². The third-order valence-electron chi connectivity index (χ3n) is 3.21. The predicted molar refractivity (Wildman–Crippen MR) is 80.5 cm³/mol. The highest BCUT2D eigenvalue weighted by Crippen LogP contribution is 2.20. The minimum atomic E-state index is -0.256. The number of nitrogens with one attached hydrogen (secondary N) is 1. The predicted octanol–water partition coefficient (Wildman–Crippen LogP) is 0.719. The summed E-state index contributed by atoms with van der Waals surface area (Å²) in [6.45, 7) is 2.82. The number of rotatable bonds is 4. The lowest BCUT2D eigenvalue weighted by Gasteiger charge is -2.32. The fraction of sp³-hybridized carbons (Fsp3) is 0.467. The molecule has 1 fully saturated rings. The highest BCUT2D eigenvalue weighted by molar-refractivity contribution is 7.12. The summed E-state index contributed by atoms with van der Waals surface area (Å²) in [5.41, 5.74) is 0. The Balaban J connectivity index is 2.05. The fourth-order valence-corrected chi connectivity index (χ4v) is 3.17. The smallest absolute Gasteiger partial charge is 0.243 e. The molecule has 21 heavy (non-hydrogen) atoms. The van der Waals surface area contributed by atoms with E-state index in [9.17, 15) is 9.59 Å². The Morgan fingerprint density at radius 1 is 1.48 bits per heavy atom. The van der Waals surface area contributed by atoms with Gasteiger partial charge in [-0.05, 0) is 18.6 Å². The van der Waals surface area contributed by atoms with Gasteiger partial charge in [-0.3, -0.25) is 19.8 Å². The van der Waals surface area contributed by atoms with E-state index in [1.54, 1.807) is 11.3 Å². The number of aliphatic hydroxyl groups excluding tert-OH is 1. The summed E-state index contributed by atoms with van der Waals surface area (Å²) < 4.78 is 0. The molecule has 1 atom stereocenters. The maximum atomic E-state index is 11.8. The third kappa shape index (κ3) is 4.14. The van der Waals surface area contributed by atoms with Crippen molar-refractivity contribution >= 4 is 23.2 Å². The SMILES string of the molecule is CCC1C(=O)NC(=O)CN1Cc1ccc(C#CCCO)s1. The van der Waals surface area contributed by atoms with Gasteiger partial charge in [0, 0.05) is 17.8 Å². The highest BCUT2D eigenvalue weighted by atomic mass is 32.1. The van der Waals surface area contributed by atoms with Crippen molar-refractivity contribution < 1.29 is 14.7 Å². The Labute approximate surface area is 128 Å². The van der Waals surface area contributed by atoms with Crippen molar-refractivity contribution in [3.8, 4) is 11.8 Å².